The summed E-state index contributed by atoms with van der Waals surface area (Å²) in [5.41, 5.74) is 0.908. The molecule has 0 aliphatic heterocycles. The molecular formula is C21H21ClF2N2O4. The number of methoxy groups -OCH3 is 1. The van der Waals surface area contributed by atoms with Gasteiger partial charge in [0, 0.05) is 23.9 Å². The van der Waals surface area contributed by atoms with E-state index >= 15 is 0 Å². The van der Waals surface area contributed by atoms with Crippen LogP contribution >= 0.6 is 11.6 Å². The van der Waals surface area contributed by atoms with Crippen molar-refractivity contribution < 1.29 is 27.8 Å². The topological polar surface area (TPSA) is 76.7 Å². The van der Waals surface area contributed by atoms with Crippen molar-refractivity contribution in [3.8, 4) is 11.5 Å². The zero-order chi connectivity index (χ0) is 22.1. The minimum atomic E-state index is -3.04. The predicted molar refractivity (Wildman–Crippen MR) is 111 cm³/mol. The number of para-hydroxylation sites is 1. The first-order valence-corrected chi connectivity index (χ1v) is 9.42. The highest BCUT2D eigenvalue weighted by Gasteiger charge is 2.14. The van der Waals surface area contributed by atoms with Gasteiger partial charge in [-0.15, -0.1) is 0 Å². The second kappa shape index (κ2) is 11.2. The van der Waals surface area contributed by atoms with E-state index in [0.29, 0.717) is 17.8 Å². The maximum atomic E-state index is 12.7. The molecule has 0 heterocycles. The summed E-state index contributed by atoms with van der Waals surface area (Å²) in [5, 5.41) is 5.49. The first-order valence-electron chi connectivity index (χ1n) is 9.04. The molecule has 6 nitrogen and oxygen atoms in total. The van der Waals surface area contributed by atoms with Crippen molar-refractivity contribution in [3.05, 3.63) is 58.6 Å². The van der Waals surface area contributed by atoms with Crippen LogP contribution in [-0.2, 0) is 4.79 Å². The van der Waals surface area contributed by atoms with Crippen LogP contribution in [0.25, 0.3) is 6.08 Å². The molecule has 0 spiro atoms. The highest BCUT2D eigenvalue weighted by atomic mass is 35.5. The molecule has 2 amide bonds. The monoisotopic (exact) mass is 438 g/mol. The van der Waals surface area contributed by atoms with Gasteiger partial charge in [0.15, 0.2) is 11.5 Å². The number of carbonyl (C=O) groups excluding carboxylic acids is 2. The Kier molecular flexibility index (Phi) is 8.61. The van der Waals surface area contributed by atoms with Crippen molar-refractivity contribution in [1.82, 2.24) is 5.32 Å². The van der Waals surface area contributed by atoms with Crippen LogP contribution < -0.4 is 20.1 Å². The average Bonchev–Trinajstić information content (AvgIpc) is 2.70. The lowest BCUT2D eigenvalue weighted by molar-refractivity contribution is -0.111. The van der Waals surface area contributed by atoms with E-state index in [9.17, 15) is 18.4 Å². The van der Waals surface area contributed by atoms with Gasteiger partial charge in [-0.1, -0.05) is 30.7 Å². The Hall–Kier alpha value is -3.13. The van der Waals surface area contributed by atoms with E-state index in [0.717, 1.165) is 12.5 Å². The van der Waals surface area contributed by atoms with Crippen molar-refractivity contribution in [3.63, 3.8) is 0 Å². The van der Waals surface area contributed by atoms with Gasteiger partial charge in [-0.2, -0.15) is 8.78 Å². The normalized spacial score (nSPS) is 10.9. The van der Waals surface area contributed by atoms with E-state index in [1.165, 1.54) is 43.5 Å². The number of carbonyl (C=O) groups is 2. The fourth-order valence-electron chi connectivity index (χ4n) is 2.50. The molecule has 30 heavy (non-hydrogen) atoms. The Morgan fingerprint density at radius 3 is 2.63 bits per heavy atom. The number of halogens is 3. The second-order valence-corrected chi connectivity index (χ2v) is 6.44. The van der Waals surface area contributed by atoms with Gasteiger partial charge < -0.3 is 20.1 Å². The van der Waals surface area contributed by atoms with Gasteiger partial charge >= 0.3 is 6.61 Å². The molecule has 2 aromatic carbocycles. The van der Waals surface area contributed by atoms with Gasteiger partial charge in [0.1, 0.15) is 0 Å². The quantitative estimate of drug-likeness (QED) is 0.554. The summed E-state index contributed by atoms with van der Waals surface area (Å²) in [5.74, 6) is -0.893. The Morgan fingerprint density at radius 1 is 1.23 bits per heavy atom. The molecule has 0 aliphatic carbocycles. The maximum absolute atomic E-state index is 12.7. The third-order valence-electron chi connectivity index (χ3n) is 3.87. The van der Waals surface area contributed by atoms with Crippen LogP contribution in [0.2, 0.25) is 5.02 Å². The molecule has 0 fully saturated rings. The standard InChI is InChI=1S/C21H21ClF2N2O4/c1-3-11-25-20(28)15-9-8-14(12-16(15)22)26-18(27)10-7-13-5-4-6-17(29-2)19(13)30-21(23)24/h4-10,12,21H,3,11H2,1-2H3,(H,25,28)(H,26,27)/b10-7+. The van der Waals surface area contributed by atoms with Gasteiger partial charge in [-0.3, -0.25) is 9.59 Å². The molecule has 0 unspecified atom stereocenters. The molecule has 2 aromatic rings. The number of alkyl halides is 2. The molecule has 0 atom stereocenters. The zero-order valence-electron chi connectivity index (χ0n) is 16.4. The van der Waals surface area contributed by atoms with Crippen molar-refractivity contribution in [2.24, 2.45) is 0 Å². The summed E-state index contributed by atoms with van der Waals surface area (Å²) >= 11 is 6.13. The molecule has 0 aromatic heterocycles. The fraction of sp³-hybridized carbons (Fsp3) is 0.238. The molecule has 0 saturated carbocycles. The lowest BCUT2D eigenvalue weighted by Gasteiger charge is -2.12. The average molecular weight is 439 g/mol. The Balaban J connectivity index is 2.12. The molecule has 0 aliphatic rings. The SMILES string of the molecule is CCCNC(=O)c1ccc(NC(=O)/C=C/c2cccc(OC)c2OC(F)F)cc1Cl. The fourth-order valence-corrected chi connectivity index (χ4v) is 2.77. The van der Waals surface area contributed by atoms with Crippen LogP contribution in [0.15, 0.2) is 42.5 Å². The highest BCUT2D eigenvalue weighted by Crippen LogP contribution is 2.33. The summed E-state index contributed by atoms with van der Waals surface area (Å²) < 4.78 is 34.9. The maximum Gasteiger partial charge on any atom is 0.387 e. The molecule has 0 bridgehead atoms. The summed E-state index contributed by atoms with van der Waals surface area (Å²) in [6.07, 6.45) is 3.27. The molecule has 0 saturated heterocycles. The lowest BCUT2D eigenvalue weighted by atomic mass is 10.1. The van der Waals surface area contributed by atoms with Crippen LogP contribution in [-0.4, -0.2) is 32.1 Å². The van der Waals surface area contributed by atoms with Crippen molar-refractivity contribution in [1.29, 1.82) is 0 Å². The highest BCUT2D eigenvalue weighted by molar-refractivity contribution is 6.34. The van der Waals surface area contributed by atoms with E-state index < -0.39 is 12.5 Å². The Bertz CT molecular complexity index is 935. The van der Waals surface area contributed by atoms with Crippen LogP contribution in [0, 0.1) is 0 Å². The Labute approximate surface area is 177 Å². The second-order valence-electron chi connectivity index (χ2n) is 6.03. The van der Waals surface area contributed by atoms with Gasteiger partial charge in [-0.05, 0) is 36.8 Å². The van der Waals surface area contributed by atoms with Crippen LogP contribution in [0.1, 0.15) is 29.3 Å². The molecule has 0 radical (unpaired) electrons. The van der Waals surface area contributed by atoms with E-state index in [4.69, 9.17) is 16.3 Å². The third-order valence-corrected chi connectivity index (χ3v) is 4.18. The molecule has 2 rings (SSSR count). The molecule has 2 N–H and O–H groups in total. The largest absolute Gasteiger partial charge is 0.493 e. The third kappa shape index (κ3) is 6.45. The first-order chi connectivity index (χ1) is 14.3. The number of benzene rings is 2. The van der Waals surface area contributed by atoms with Crippen molar-refractivity contribution in [2.75, 3.05) is 19.0 Å². The molecule has 9 heteroatoms. The molecular weight excluding hydrogens is 418 g/mol. The van der Waals surface area contributed by atoms with E-state index in [2.05, 4.69) is 15.4 Å². The number of hydrogen-bond donors (Lipinski definition) is 2. The number of anilines is 1. The predicted octanol–water partition coefficient (Wildman–Crippen LogP) is 4.74. The summed E-state index contributed by atoms with van der Waals surface area (Å²) in [6.45, 7) is -0.584. The summed E-state index contributed by atoms with van der Waals surface area (Å²) in [6, 6.07) is 9.04. The van der Waals surface area contributed by atoms with Gasteiger partial charge in [0.05, 0.1) is 17.7 Å². The van der Waals surface area contributed by atoms with Crippen LogP contribution in [0.4, 0.5) is 14.5 Å². The van der Waals surface area contributed by atoms with Gasteiger partial charge in [0.25, 0.3) is 5.91 Å². The van der Waals surface area contributed by atoms with Crippen molar-refractivity contribution in [2.45, 2.75) is 20.0 Å². The number of nitrogens with one attached hydrogen (secondary N) is 2. The van der Waals surface area contributed by atoms with E-state index in [1.54, 1.807) is 6.07 Å². The minimum Gasteiger partial charge on any atom is -0.493 e. The van der Waals surface area contributed by atoms with Crippen molar-refractivity contribution >= 4 is 35.2 Å². The summed E-state index contributed by atoms with van der Waals surface area (Å²) in [4.78, 5) is 24.2. The number of rotatable bonds is 9. The number of amides is 2. The summed E-state index contributed by atoms with van der Waals surface area (Å²) in [7, 11) is 1.32. The van der Waals surface area contributed by atoms with Crippen LogP contribution in [0.5, 0.6) is 11.5 Å². The molecule has 160 valence electrons. The van der Waals surface area contributed by atoms with Crippen LogP contribution in [0.3, 0.4) is 0 Å². The smallest absolute Gasteiger partial charge is 0.387 e. The number of ether oxygens (including phenoxy) is 2. The van der Waals surface area contributed by atoms with Gasteiger partial charge in [-0.25, -0.2) is 0 Å². The van der Waals surface area contributed by atoms with E-state index in [-0.39, 0.29) is 28.0 Å². The lowest BCUT2D eigenvalue weighted by Crippen LogP contribution is -2.24. The minimum absolute atomic E-state index is 0.113. The van der Waals surface area contributed by atoms with Gasteiger partial charge in [0.2, 0.25) is 5.91 Å². The van der Waals surface area contributed by atoms with E-state index in [1.807, 2.05) is 6.92 Å². The number of hydrogen-bond acceptors (Lipinski definition) is 4. The Morgan fingerprint density at radius 2 is 2.00 bits per heavy atom. The first kappa shape index (κ1) is 23.2. The zero-order valence-corrected chi connectivity index (χ0v) is 17.1.